The quantitative estimate of drug-likeness (QED) is 0.574. The molecule has 4 nitrogen and oxygen atoms in total. The lowest BCUT2D eigenvalue weighted by Gasteiger charge is -2.23. The van der Waals surface area contributed by atoms with Gasteiger partial charge in [0.15, 0.2) is 0 Å². The fraction of sp³-hybridized carbons (Fsp3) is 0.417. The van der Waals surface area contributed by atoms with E-state index < -0.39 is 0 Å². The zero-order valence-corrected chi connectivity index (χ0v) is 10.0. The van der Waals surface area contributed by atoms with Gasteiger partial charge in [-0.1, -0.05) is 18.2 Å². The molecule has 0 saturated carbocycles. The van der Waals surface area contributed by atoms with Crippen molar-refractivity contribution in [3.8, 4) is 0 Å². The number of hydrogen-bond acceptors (Lipinski definition) is 3. The molecule has 1 aromatic carbocycles. The van der Waals surface area contributed by atoms with Gasteiger partial charge >= 0.3 is 5.97 Å². The van der Waals surface area contributed by atoms with Gasteiger partial charge in [0.25, 0.3) is 0 Å². The number of ether oxygens (including phenoxy) is 1. The number of hydrogen-bond donors (Lipinski definition) is 0. The molecular formula is C12H19NO3. The topological polar surface area (TPSA) is 56.3 Å². The SMILES string of the molecule is C[N+](C)(C)CCOC(=O)c1ccccc1.[OH-]. The van der Waals surface area contributed by atoms with Crippen LogP contribution in [0.1, 0.15) is 10.4 Å². The molecule has 0 unspecified atom stereocenters. The van der Waals surface area contributed by atoms with Gasteiger partial charge in [-0.05, 0) is 12.1 Å². The van der Waals surface area contributed by atoms with E-state index >= 15 is 0 Å². The fourth-order valence-electron chi connectivity index (χ4n) is 1.07. The van der Waals surface area contributed by atoms with Gasteiger partial charge in [-0.25, -0.2) is 4.79 Å². The maximum Gasteiger partial charge on any atom is 0.338 e. The Morgan fingerprint density at radius 1 is 1.19 bits per heavy atom. The molecule has 0 bridgehead atoms. The predicted octanol–water partition coefficient (Wildman–Crippen LogP) is 1.37. The summed E-state index contributed by atoms with van der Waals surface area (Å²) in [6.45, 7) is 1.27. The minimum absolute atomic E-state index is 0. The highest BCUT2D eigenvalue weighted by atomic mass is 16.5. The molecule has 0 spiro atoms. The van der Waals surface area contributed by atoms with Crippen LogP contribution >= 0.6 is 0 Å². The number of benzene rings is 1. The molecule has 0 aromatic heterocycles. The second-order valence-electron chi connectivity index (χ2n) is 4.52. The summed E-state index contributed by atoms with van der Waals surface area (Å²) in [4.78, 5) is 11.5. The molecule has 0 saturated heterocycles. The van der Waals surface area contributed by atoms with E-state index in [9.17, 15) is 4.79 Å². The van der Waals surface area contributed by atoms with Gasteiger partial charge in [0.2, 0.25) is 0 Å². The Morgan fingerprint density at radius 3 is 2.25 bits per heavy atom. The normalized spacial score (nSPS) is 10.4. The Morgan fingerprint density at radius 2 is 1.75 bits per heavy atom. The molecule has 0 atom stereocenters. The van der Waals surface area contributed by atoms with Crippen molar-refractivity contribution >= 4 is 5.97 Å². The van der Waals surface area contributed by atoms with Crippen LogP contribution in [0, 0.1) is 0 Å². The van der Waals surface area contributed by atoms with Gasteiger partial charge in [0.05, 0.1) is 26.7 Å². The van der Waals surface area contributed by atoms with Crippen molar-refractivity contribution in [1.29, 1.82) is 0 Å². The number of nitrogens with zero attached hydrogens (tertiary/aromatic N) is 1. The van der Waals surface area contributed by atoms with Gasteiger partial charge in [-0.2, -0.15) is 0 Å². The zero-order chi connectivity index (χ0) is 11.3. The van der Waals surface area contributed by atoms with Crippen molar-refractivity contribution in [2.75, 3.05) is 34.3 Å². The van der Waals surface area contributed by atoms with E-state index in [0.29, 0.717) is 12.2 Å². The number of rotatable bonds is 4. The van der Waals surface area contributed by atoms with E-state index in [4.69, 9.17) is 4.74 Å². The fourth-order valence-corrected chi connectivity index (χ4v) is 1.07. The van der Waals surface area contributed by atoms with Crippen LogP contribution in [-0.2, 0) is 4.74 Å². The molecule has 1 aromatic rings. The maximum atomic E-state index is 11.5. The second kappa shape index (κ2) is 6.25. The first-order valence-corrected chi connectivity index (χ1v) is 5.02. The van der Waals surface area contributed by atoms with Gasteiger partial charge in [0.1, 0.15) is 13.2 Å². The Labute approximate surface area is 96.3 Å². The summed E-state index contributed by atoms with van der Waals surface area (Å²) in [6.07, 6.45) is 0. The van der Waals surface area contributed by atoms with Crippen molar-refractivity contribution in [2.24, 2.45) is 0 Å². The molecule has 4 heteroatoms. The molecule has 0 aliphatic heterocycles. The first-order chi connectivity index (χ1) is 6.99. The highest BCUT2D eigenvalue weighted by Crippen LogP contribution is 2.01. The van der Waals surface area contributed by atoms with E-state index in [-0.39, 0.29) is 11.4 Å². The van der Waals surface area contributed by atoms with Crippen LogP contribution in [0.15, 0.2) is 30.3 Å². The van der Waals surface area contributed by atoms with Gasteiger partial charge < -0.3 is 14.7 Å². The lowest BCUT2D eigenvalue weighted by Crippen LogP contribution is -2.38. The molecule has 1 N–H and O–H groups in total. The van der Waals surface area contributed by atoms with Gasteiger partial charge in [0, 0.05) is 0 Å². The van der Waals surface area contributed by atoms with Crippen LogP contribution in [0.25, 0.3) is 0 Å². The molecule has 0 radical (unpaired) electrons. The average Bonchev–Trinajstić information content (AvgIpc) is 2.17. The summed E-state index contributed by atoms with van der Waals surface area (Å²) < 4.78 is 5.94. The highest BCUT2D eigenvalue weighted by Gasteiger charge is 2.10. The van der Waals surface area contributed by atoms with Gasteiger partial charge in [-0.15, -0.1) is 0 Å². The molecule has 0 aliphatic carbocycles. The van der Waals surface area contributed by atoms with Crippen LogP contribution in [0.4, 0.5) is 0 Å². The third-order valence-electron chi connectivity index (χ3n) is 2.00. The Bertz CT molecular complexity index is 317. The standard InChI is InChI=1S/C12H18NO2.H2O/c1-13(2,3)9-10-15-12(14)11-7-5-4-6-8-11;/h4-8H,9-10H2,1-3H3;1H2/q+1;/p-1. The summed E-state index contributed by atoms with van der Waals surface area (Å²) in [7, 11) is 6.20. The highest BCUT2D eigenvalue weighted by molar-refractivity contribution is 5.89. The van der Waals surface area contributed by atoms with Crippen molar-refractivity contribution in [3.05, 3.63) is 35.9 Å². The number of quaternary nitrogens is 1. The predicted molar refractivity (Wildman–Crippen MR) is 61.6 cm³/mol. The molecule has 0 amide bonds. The van der Waals surface area contributed by atoms with Crippen LogP contribution < -0.4 is 0 Å². The van der Waals surface area contributed by atoms with Crippen molar-refractivity contribution in [2.45, 2.75) is 0 Å². The van der Waals surface area contributed by atoms with E-state index in [1.807, 2.05) is 18.2 Å². The van der Waals surface area contributed by atoms with Crippen molar-refractivity contribution < 1.29 is 19.5 Å². The lowest BCUT2D eigenvalue weighted by atomic mass is 10.2. The number of carbonyl (C=O) groups is 1. The first kappa shape index (κ1) is 14.6. The Kier molecular flexibility index (Phi) is 5.71. The van der Waals surface area contributed by atoms with Crippen LogP contribution in [0.3, 0.4) is 0 Å². The van der Waals surface area contributed by atoms with E-state index in [1.54, 1.807) is 12.1 Å². The molecular weight excluding hydrogens is 206 g/mol. The van der Waals surface area contributed by atoms with Crippen LogP contribution in [0.5, 0.6) is 0 Å². The van der Waals surface area contributed by atoms with Gasteiger partial charge in [-0.3, -0.25) is 0 Å². The van der Waals surface area contributed by atoms with E-state index in [2.05, 4.69) is 21.1 Å². The first-order valence-electron chi connectivity index (χ1n) is 5.02. The molecule has 0 fully saturated rings. The largest absolute Gasteiger partial charge is 0.870 e. The van der Waals surface area contributed by atoms with E-state index in [1.165, 1.54) is 0 Å². The third-order valence-corrected chi connectivity index (χ3v) is 2.00. The zero-order valence-electron chi connectivity index (χ0n) is 10.0. The second-order valence-corrected chi connectivity index (χ2v) is 4.52. The van der Waals surface area contributed by atoms with Crippen LogP contribution in [-0.4, -0.2) is 50.2 Å². The van der Waals surface area contributed by atoms with Crippen LogP contribution in [0.2, 0.25) is 0 Å². The smallest absolute Gasteiger partial charge is 0.338 e. The summed E-state index contributed by atoms with van der Waals surface area (Å²) in [6, 6.07) is 9.05. The third kappa shape index (κ3) is 5.48. The van der Waals surface area contributed by atoms with Crippen molar-refractivity contribution in [3.63, 3.8) is 0 Å². The van der Waals surface area contributed by atoms with Crippen molar-refractivity contribution in [1.82, 2.24) is 0 Å². The summed E-state index contributed by atoms with van der Waals surface area (Å²) in [5, 5.41) is 0. The summed E-state index contributed by atoms with van der Waals surface area (Å²) in [5.41, 5.74) is 0.610. The number of likely N-dealkylation sites (N-methyl/N-ethyl adjacent to an activating group) is 1. The number of carbonyl (C=O) groups excluding carboxylic acids is 1. The molecule has 0 aliphatic rings. The summed E-state index contributed by atoms with van der Waals surface area (Å²) >= 11 is 0. The maximum absolute atomic E-state index is 11.5. The molecule has 0 heterocycles. The molecule has 90 valence electrons. The lowest BCUT2D eigenvalue weighted by molar-refractivity contribution is -0.870. The monoisotopic (exact) mass is 225 g/mol. The number of esters is 1. The summed E-state index contributed by atoms with van der Waals surface area (Å²) in [5.74, 6) is -0.246. The Balaban J connectivity index is 0.00000225. The minimum atomic E-state index is -0.246. The minimum Gasteiger partial charge on any atom is -0.870 e. The molecule has 1 rings (SSSR count). The average molecular weight is 225 g/mol. The Hall–Kier alpha value is -1.39. The molecule has 16 heavy (non-hydrogen) atoms. The van der Waals surface area contributed by atoms with E-state index in [0.717, 1.165) is 11.0 Å².